The van der Waals surface area contributed by atoms with E-state index in [0.717, 1.165) is 11.3 Å². The van der Waals surface area contributed by atoms with Crippen molar-refractivity contribution in [3.05, 3.63) is 29.8 Å². The normalized spacial score (nSPS) is 13.8. The van der Waals surface area contributed by atoms with Gasteiger partial charge in [0.1, 0.15) is 11.9 Å². The lowest BCUT2D eigenvalue weighted by molar-refractivity contribution is -0.0243. The fourth-order valence-electron chi connectivity index (χ4n) is 1.02. The van der Waals surface area contributed by atoms with Gasteiger partial charge in [-0.3, -0.25) is 0 Å². The van der Waals surface area contributed by atoms with E-state index in [0.29, 0.717) is 0 Å². The Morgan fingerprint density at radius 3 is 2.36 bits per heavy atom. The Bertz CT molecular complexity index is 299. The third kappa shape index (κ3) is 2.74. The lowest BCUT2D eigenvalue weighted by Crippen LogP contribution is -2.38. The number of ether oxygens (including phenoxy) is 1. The van der Waals surface area contributed by atoms with Crippen molar-refractivity contribution in [3.8, 4) is 5.75 Å². The molecule has 0 heterocycles. The van der Waals surface area contributed by atoms with E-state index in [1.54, 1.807) is 13.8 Å². The molecule has 0 spiro atoms. The van der Waals surface area contributed by atoms with Crippen LogP contribution in [0.5, 0.6) is 5.75 Å². The van der Waals surface area contributed by atoms with Crippen LogP contribution in [0.25, 0.3) is 0 Å². The first-order valence-electron chi connectivity index (χ1n) is 4.86. The van der Waals surface area contributed by atoms with Crippen molar-refractivity contribution in [2.75, 3.05) is 0 Å². The van der Waals surface area contributed by atoms with E-state index < -0.39 is 5.60 Å². The number of para-hydroxylation sites is 1. The van der Waals surface area contributed by atoms with E-state index in [2.05, 4.69) is 0 Å². The van der Waals surface area contributed by atoms with Gasteiger partial charge in [-0.1, -0.05) is 18.2 Å². The van der Waals surface area contributed by atoms with Crippen LogP contribution in [0.4, 0.5) is 0 Å². The lowest BCUT2D eigenvalue weighted by Gasteiger charge is -2.27. The summed E-state index contributed by atoms with van der Waals surface area (Å²) in [6.07, 6.45) is -0.219. The van der Waals surface area contributed by atoms with Gasteiger partial charge in [0.05, 0.1) is 5.60 Å². The van der Waals surface area contributed by atoms with Crippen LogP contribution in [0.2, 0.25) is 0 Å². The van der Waals surface area contributed by atoms with Gasteiger partial charge in [-0.25, -0.2) is 0 Å². The van der Waals surface area contributed by atoms with E-state index >= 15 is 0 Å². The molecule has 0 aliphatic rings. The van der Waals surface area contributed by atoms with E-state index in [1.807, 2.05) is 38.1 Å². The van der Waals surface area contributed by atoms with E-state index in [4.69, 9.17) is 4.74 Å². The fourth-order valence-corrected chi connectivity index (χ4v) is 1.02. The Hall–Kier alpha value is -1.02. The standard InChI is InChI=1S/C12H18O2/c1-9-7-5-6-8-11(9)14-10(2)12(3,4)13/h5-8,10,13H,1-4H3. The molecule has 14 heavy (non-hydrogen) atoms. The molecular weight excluding hydrogens is 176 g/mol. The maximum atomic E-state index is 9.71. The number of rotatable bonds is 3. The Morgan fingerprint density at radius 1 is 1.29 bits per heavy atom. The molecule has 1 aromatic rings. The van der Waals surface area contributed by atoms with Gasteiger partial charge in [0.15, 0.2) is 0 Å². The number of aryl methyl sites for hydroxylation is 1. The van der Waals surface area contributed by atoms with Gasteiger partial charge in [-0.05, 0) is 39.3 Å². The highest BCUT2D eigenvalue weighted by Crippen LogP contribution is 2.21. The van der Waals surface area contributed by atoms with Gasteiger partial charge >= 0.3 is 0 Å². The summed E-state index contributed by atoms with van der Waals surface area (Å²) in [6.45, 7) is 7.35. The first-order valence-corrected chi connectivity index (χ1v) is 4.86. The third-order valence-corrected chi connectivity index (χ3v) is 2.39. The molecule has 0 aromatic heterocycles. The molecule has 0 aliphatic carbocycles. The molecule has 0 saturated carbocycles. The topological polar surface area (TPSA) is 29.5 Å². The second-order valence-corrected chi connectivity index (χ2v) is 4.18. The molecule has 0 aliphatic heterocycles. The minimum absolute atomic E-state index is 0.219. The van der Waals surface area contributed by atoms with E-state index in [9.17, 15) is 5.11 Å². The average molecular weight is 194 g/mol. The molecule has 2 heteroatoms. The lowest BCUT2D eigenvalue weighted by atomic mass is 10.0. The summed E-state index contributed by atoms with van der Waals surface area (Å²) in [5, 5.41) is 9.71. The van der Waals surface area contributed by atoms with Crippen LogP contribution < -0.4 is 4.74 Å². The van der Waals surface area contributed by atoms with Gasteiger partial charge in [0, 0.05) is 0 Å². The predicted molar refractivity (Wildman–Crippen MR) is 57.6 cm³/mol. The Labute approximate surface area is 85.5 Å². The molecule has 0 amide bonds. The largest absolute Gasteiger partial charge is 0.487 e. The second-order valence-electron chi connectivity index (χ2n) is 4.18. The molecular formula is C12H18O2. The highest BCUT2D eigenvalue weighted by Gasteiger charge is 2.24. The van der Waals surface area contributed by atoms with Gasteiger partial charge < -0.3 is 9.84 Å². The molecule has 78 valence electrons. The fraction of sp³-hybridized carbons (Fsp3) is 0.500. The summed E-state index contributed by atoms with van der Waals surface area (Å²) < 4.78 is 5.66. The molecule has 1 rings (SSSR count). The van der Waals surface area contributed by atoms with Crippen molar-refractivity contribution >= 4 is 0 Å². The summed E-state index contributed by atoms with van der Waals surface area (Å²) in [5.41, 5.74) is 0.269. The van der Waals surface area contributed by atoms with Crippen LogP contribution >= 0.6 is 0 Å². The molecule has 1 unspecified atom stereocenters. The number of hydrogen-bond donors (Lipinski definition) is 1. The average Bonchev–Trinajstić information content (AvgIpc) is 2.07. The molecule has 0 fully saturated rings. The molecule has 1 aromatic carbocycles. The Kier molecular flexibility index (Phi) is 3.17. The first-order chi connectivity index (χ1) is 6.41. The van der Waals surface area contributed by atoms with Gasteiger partial charge in [0.2, 0.25) is 0 Å². The van der Waals surface area contributed by atoms with Crippen LogP contribution in [0.15, 0.2) is 24.3 Å². The molecule has 0 radical (unpaired) electrons. The molecule has 1 atom stereocenters. The van der Waals surface area contributed by atoms with Crippen LogP contribution in [0.1, 0.15) is 26.3 Å². The summed E-state index contributed by atoms with van der Waals surface area (Å²) in [4.78, 5) is 0. The Balaban J connectivity index is 2.75. The monoisotopic (exact) mass is 194 g/mol. The van der Waals surface area contributed by atoms with Crippen LogP contribution in [0.3, 0.4) is 0 Å². The van der Waals surface area contributed by atoms with Gasteiger partial charge in [-0.15, -0.1) is 0 Å². The van der Waals surface area contributed by atoms with Crippen molar-refractivity contribution < 1.29 is 9.84 Å². The smallest absolute Gasteiger partial charge is 0.124 e. The quantitative estimate of drug-likeness (QED) is 0.801. The maximum absolute atomic E-state index is 9.71. The van der Waals surface area contributed by atoms with E-state index in [-0.39, 0.29) is 6.10 Å². The highest BCUT2D eigenvalue weighted by molar-refractivity contribution is 5.32. The zero-order chi connectivity index (χ0) is 10.8. The first kappa shape index (κ1) is 11.1. The van der Waals surface area contributed by atoms with Crippen LogP contribution in [-0.4, -0.2) is 16.8 Å². The highest BCUT2D eigenvalue weighted by atomic mass is 16.5. The van der Waals surface area contributed by atoms with Crippen molar-refractivity contribution in [2.24, 2.45) is 0 Å². The third-order valence-electron chi connectivity index (χ3n) is 2.39. The molecule has 0 bridgehead atoms. The Morgan fingerprint density at radius 2 is 1.86 bits per heavy atom. The van der Waals surface area contributed by atoms with Crippen molar-refractivity contribution in [2.45, 2.75) is 39.4 Å². The zero-order valence-corrected chi connectivity index (χ0v) is 9.24. The van der Waals surface area contributed by atoms with Crippen molar-refractivity contribution in [1.82, 2.24) is 0 Å². The number of hydrogen-bond acceptors (Lipinski definition) is 2. The zero-order valence-electron chi connectivity index (χ0n) is 9.24. The van der Waals surface area contributed by atoms with Crippen molar-refractivity contribution in [3.63, 3.8) is 0 Å². The van der Waals surface area contributed by atoms with Crippen molar-refractivity contribution in [1.29, 1.82) is 0 Å². The van der Waals surface area contributed by atoms with Gasteiger partial charge in [0.25, 0.3) is 0 Å². The predicted octanol–water partition coefficient (Wildman–Crippen LogP) is 2.53. The molecule has 2 nitrogen and oxygen atoms in total. The summed E-state index contributed by atoms with van der Waals surface area (Å²) >= 11 is 0. The van der Waals surface area contributed by atoms with Crippen LogP contribution in [-0.2, 0) is 0 Å². The molecule has 1 N–H and O–H groups in total. The maximum Gasteiger partial charge on any atom is 0.124 e. The summed E-state index contributed by atoms with van der Waals surface area (Å²) in [7, 11) is 0. The second kappa shape index (κ2) is 4.01. The summed E-state index contributed by atoms with van der Waals surface area (Å²) in [6, 6.07) is 7.81. The van der Waals surface area contributed by atoms with Gasteiger partial charge in [-0.2, -0.15) is 0 Å². The molecule has 0 saturated heterocycles. The minimum Gasteiger partial charge on any atom is -0.487 e. The SMILES string of the molecule is Cc1ccccc1OC(C)C(C)(C)O. The minimum atomic E-state index is -0.817. The number of aliphatic hydroxyl groups is 1. The van der Waals surface area contributed by atoms with E-state index in [1.165, 1.54) is 0 Å². The van der Waals surface area contributed by atoms with Crippen LogP contribution in [0, 0.1) is 6.92 Å². The summed E-state index contributed by atoms with van der Waals surface area (Å²) in [5.74, 6) is 0.835. The number of benzene rings is 1.